The second kappa shape index (κ2) is 6.16. The Morgan fingerprint density at radius 2 is 1.79 bits per heavy atom. The minimum Gasteiger partial charge on any atom is -0.393 e. The van der Waals surface area contributed by atoms with Crippen LogP contribution in [0.2, 0.25) is 0 Å². The quantitative estimate of drug-likeness (QED) is 0.831. The minimum absolute atomic E-state index is 0.117. The molecule has 1 amide bonds. The molecule has 2 aliphatic carbocycles. The summed E-state index contributed by atoms with van der Waals surface area (Å²) >= 11 is 0. The summed E-state index contributed by atoms with van der Waals surface area (Å²) in [4.78, 5) is 11.9. The van der Waals surface area contributed by atoms with Crippen molar-refractivity contribution in [1.82, 2.24) is 5.32 Å². The van der Waals surface area contributed by atoms with E-state index < -0.39 is 5.92 Å². The molecule has 3 nitrogen and oxygen atoms in total. The third-order valence-corrected chi connectivity index (χ3v) is 4.50. The van der Waals surface area contributed by atoms with E-state index in [0.29, 0.717) is 6.54 Å². The van der Waals surface area contributed by atoms with Gasteiger partial charge in [-0.2, -0.15) is 0 Å². The van der Waals surface area contributed by atoms with E-state index in [9.17, 15) is 18.7 Å². The summed E-state index contributed by atoms with van der Waals surface area (Å²) < 4.78 is 26.0. The van der Waals surface area contributed by atoms with Crippen LogP contribution in [0.25, 0.3) is 0 Å². The summed E-state index contributed by atoms with van der Waals surface area (Å²) in [7, 11) is 0. The lowest BCUT2D eigenvalue weighted by Gasteiger charge is -2.30. The minimum atomic E-state index is -2.59. The molecule has 2 fully saturated rings. The molecule has 2 N–H and O–H groups in total. The summed E-state index contributed by atoms with van der Waals surface area (Å²) in [6.45, 7) is 0.479. The van der Waals surface area contributed by atoms with Gasteiger partial charge in [0.2, 0.25) is 11.8 Å². The van der Waals surface area contributed by atoms with Crippen LogP contribution in [0.15, 0.2) is 0 Å². The smallest absolute Gasteiger partial charge is 0.248 e. The Morgan fingerprint density at radius 1 is 1.16 bits per heavy atom. The predicted octanol–water partition coefficient (Wildman–Crippen LogP) is 2.48. The summed E-state index contributed by atoms with van der Waals surface area (Å²) in [5.74, 6) is -2.85. The number of aliphatic hydroxyl groups excluding tert-OH is 1. The highest BCUT2D eigenvalue weighted by atomic mass is 19.3. The average molecular weight is 275 g/mol. The Bertz CT molecular complexity index is 313. The van der Waals surface area contributed by atoms with Gasteiger partial charge in [0.05, 0.1) is 6.10 Å². The third-order valence-electron chi connectivity index (χ3n) is 4.50. The SMILES string of the molecule is O=C(NCC1CCCCC1O)C1CCC(F)(F)CC1. The first kappa shape index (κ1) is 14.7. The van der Waals surface area contributed by atoms with Crippen LogP contribution in [0, 0.1) is 11.8 Å². The van der Waals surface area contributed by atoms with Crippen molar-refractivity contribution in [3.8, 4) is 0 Å². The normalized spacial score (nSPS) is 31.9. The number of rotatable bonds is 3. The molecular weight excluding hydrogens is 252 g/mol. The number of carbonyl (C=O) groups is 1. The number of halogens is 2. The van der Waals surface area contributed by atoms with Crippen LogP contribution in [0.3, 0.4) is 0 Å². The number of amides is 1. The molecule has 0 bridgehead atoms. The first-order valence-corrected chi connectivity index (χ1v) is 7.31. The van der Waals surface area contributed by atoms with E-state index in [2.05, 4.69) is 5.32 Å². The molecule has 0 aliphatic heterocycles. The maximum atomic E-state index is 13.0. The average Bonchev–Trinajstić information content (AvgIpc) is 2.37. The molecule has 0 radical (unpaired) electrons. The van der Waals surface area contributed by atoms with Crippen molar-refractivity contribution < 1.29 is 18.7 Å². The van der Waals surface area contributed by atoms with Gasteiger partial charge in [0.15, 0.2) is 0 Å². The molecule has 110 valence electrons. The molecular formula is C14H23F2NO2. The van der Waals surface area contributed by atoms with Crippen LogP contribution in [0.5, 0.6) is 0 Å². The van der Waals surface area contributed by atoms with Crippen molar-refractivity contribution in [1.29, 1.82) is 0 Å². The summed E-state index contributed by atoms with van der Waals surface area (Å²) in [6.07, 6.45) is 3.72. The Morgan fingerprint density at radius 3 is 2.42 bits per heavy atom. The van der Waals surface area contributed by atoms with Crippen molar-refractivity contribution in [2.75, 3.05) is 6.54 Å². The first-order valence-electron chi connectivity index (χ1n) is 7.31. The van der Waals surface area contributed by atoms with Crippen molar-refractivity contribution in [3.05, 3.63) is 0 Å². The van der Waals surface area contributed by atoms with Crippen LogP contribution < -0.4 is 5.32 Å². The van der Waals surface area contributed by atoms with Gasteiger partial charge >= 0.3 is 0 Å². The van der Waals surface area contributed by atoms with Gasteiger partial charge in [0.25, 0.3) is 0 Å². The number of nitrogens with one attached hydrogen (secondary N) is 1. The molecule has 0 aromatic rings. The van der Waals surface area contributed by atoms with Crippen LogP contribution in [-0.4, -0.2) is 29.6 Å². The molecule has 0 aromatic carbocycles. The lowest BCUT2D eigenvalue weighted by atomic mass is 9.85. The standard InChI is InChI=1S/C14H23F2NO2/c15-14(16)7-5-10(6-8-14)13(19)17-9-11-3-1-2-4-12(11)18/h10-12,18H,1-9H2,(H,17,19). The summed E-state index contributed by atoms with van der Waals surface area (Å²) in [5.41, 5.74) is 0. The van der Waals surface area contributed by atoms with Gasteiger partial charge in [-0.1, -0.05) is 12.8 Å². The van der Waals surface area contributed by atoms with Gasteiger partial charge in [-0.3, -0.25) is 4.79 Å². The highest BCUT2D eigenvalue weighted by molar-refractivity contribution is 5.78. The van der Waals surface area contributed by atoms with E-state index in [4.69, 9.17) is 0 Å². The van der Waals surface area contributed by atoms with E-state index in [-0.39, 0.29) is 49.5 Å². The molecule has 0 saturated heterocycles. The summed E-state index contributed by atoms with van der Waals surface area (Å²) in [5, 5.41) is 12.6. The number of carbonyl (C=O) groups excluding carboxylic acids is 1. The van der Waals surface area contributed by atoms with E-state index in [0.717, 1.165) is 25.7 Å². The Hall–Kier alpha value is -0.710. The van der Waals surface area contributed by atoms with Gasteiger partial charge < -0.3 is 10.4 Å². The Kier molecular flexibility index (Phi) is 4.76. The van der Waals surface area contributed by atoms with E-state index in [1.54, 1.807) is 0 Å². The molecule has 0 aromatic heterocycles. The number of hydrogen-bond acceptors (Lipinski definition) is 2. The molecule has 0 heterocycles. The van der Waals surface area contributed by atoms with Gasteiger partial charge in [0.1, 0.15) is 0 Å². The topological polar surface area (TPSA) is 49.3 Å². The molecule has 2 saturated carbocycles. The Balaban J connectivity index is 1.72. The maximum Gasteiger partial charge on any atom is 0.248 e. The fourth-order valence-corrected chi connectivity index (χ4v) is 3.10. The lowest BCUT2D eigenvalue weighted by molar-refractivity contribution is -0.129. The van der Waals surface area contributed by atoms with E-state index >= 15 is 0 Å². The van der Waals surface area contributed by atoms with Gasteiger partial charge in [-0.15, -0.1) is 0 Å². The largest absolute Gasteiger partial charge is 0.393 e. The molecule has 2 rings (SSSR count). The highest BCUT2D eigenvalue weighted by Gasteiger charge is 2.37. The van der Waals surface area contributed by atoms with E-state index in [1.165, 1.54) is 0 Å². The van der Waals surface area contributed by atoms with Crippen LogP contribution in [0.1, 0.15) is 51.4 Å². The predicted molar refractivity (Wildman–Crippen MR) is 67.9 cm³/mol. The van der Waals surface area contributed by atoms with Crippen molar-refractivity contribution >= 4 is 5.91 Å². The van der Waals surface area contributed by atoms with Gasteiger partial charge in [0, 0.05) is 31.2 Å². The van der Waals surface area contributed by atoms with Crippen molar-refractivity contribution in [2.24, 2.45) is 11.8 Å². The number of hydrogen-bond donors (Lipinski definition) is 2. The van der Waals surface area contributed by atoms with Gasteiger partial charge in [-0.25, -0.2) is 8.78 Å². The zero-order valence-electron chi connectivity index (χ0n) is 11.2. The monoisotopic (exact) mass is 275 g/mol. The Labute approximate surface area is 112 Å². The molecule has 19 heavy (non-hydrogen) atoms. The highest BCUT2D eigenvalue weighted by Crippen LogP contribution is 2.36. The first-order chi connectivity index (χ1) is 8.98. The van der Waals surface area contributed by atoms with Gasteiger partial charge in [-0.05, 0) is 25.7 Å². The van der Waals surface area contributed by atoms with Crippen molar-refractivity contribution in [3.63, 3.8) is 0 Å². The second-order valence-corrected chi connectivity index (χ2v) is 5.99. The zero-order valence-corrected chi connectivity index (χ0v) is 11.2. The van der Waals surface area contributed by atoms with Crippen LogP contribution in [0.4, 0.5) is 8.78 Å². The summed E-state index contributed by atoms with van der Waals surface area (Å²) in [6, 6.07) is 0. The van der Waals surface area contributed by atoms with Crippen molar-refractivity contribution in [2.45, 2.75) is 63.4 Å². The lowest BCUT2D eigenvalue weighted by Crippen LogP contribution is -2.41. The number of alkyl halides is 2. The third kappa shape index (κ3) is 4.13. The van der Waals surface area contributed by atoms with E-state index in [1.807, 2.05) is 0 Å². The second-order valence-electron chi connectivity index (χ2n) is 5.99. The molecule has 2 aliphatic rings. The molecule has 5 heteroatoms. The maximum absolute atomic E-state index is 13.0. The molecule has 0 spiro atoms. The van der Waals surface area contributed by atoms with Crippen LogP contribution >= 0.6 is 0 Å². The fourth-order valence-electron chi connectivity index (χ4n) is 3.10. The zero-order chi connectivity index (χ0) is 13.9. The molecule has 2 atom stereocenters. The van der Waals surface area contributed by atoms with Crippen LogP contribution in [-0.2, 0) is 4.79 Å². The fraction of sp³-hybridized carbons (Fsp3) is 0.929. The molecule has 2 unspecified atom stereocenters. The number of aliphatic hydroxyl groups is 1.